The lowest BCUT2D eigenvalue weighted by molar-refractivity contribution is -0.124. The molecule has 0 saturated carbocycles. The molecule has 3 heterocycles. The third kappa shape index (κ3) is 5.15. The minimum atomic E-state index is -0.517. The van der Waals surface area contributed by atoms with E-state index in [-0.39, 0.29) is 18.4 Å². The molecule has 10 nitrogen and oxygen atoms in total. The van der Waals surface area contributed by atoms with Crippen LogP contribution >= 0.6 is 0 Å². The number of nitrogens with one attached hydrogen (secondary N) is 4. The van der Waals surface area contributed by atoms with Gasteiger partial charge in [0.25, 0.3) is 5.91 Å². The van der Waals surface area contributed by atoms with E-state index in [2.05, 4.69) is 31.9 Å². The number of aromatic nitrogens is 1. The maximum atomic E-state index is 12.8. The third-order valence-electron chi connectivity index (χ3n) is 6.59. The van der Waals surface area contributed by atoms with Crippen molar-refractivity contribution < 1.29 is 19.1 Å². The van der Waals surface area contributed by atoms with Crippen LogP contribution in [0.3, 0.4) is 0 Å². The fourth-order valence-corrected chi connectivity index (χ4v) is 4.83. The number of rotatable bonds is 9. The number of nitrogens with zero attached hydrogens (tertiary/aromatic N) is 2. The second-order valence-electron chi connectivity index (χ2n) is 8.79. The first kappa shape index (κ1) is 23.6. The van der Waals surface area contributed by atoms with Gasteiger partial charge < -0.3 is 25.7 Å². The number of ether oxygens (including phenoxy) is 1. The molecule has 3 unspecified atom stereocenters. The number of carbonyl (C=O) groups is 3. The number of fused-ring (bicyclic) bond motifs is 1. The van der Waals surface area contributed by atoms with Crippen LogP contribution in [0.25, 0.3) is 10.9 Å². The molecule has 0 bridgehead atoms. The number of methoxy groups -OCH3 is 1. The van der Waals surface area contributed by atoms with Crippen LogP contribution in [0.2, 0.25) is 0 Å². The molecular weight excluding hydrogens is 436 g/mol. The maximum absolute atomic E-state index is 12.8. The van der Waals surface area contributed by atoms with Gasteiger partial charge in [-0.3, -0.25) is 19.3 Å². The van der Waals surface area contributed by atoms with Gasteiger partial charge in [-0.1, -0.05) is 6.07 Å². The first-order chi connectivity index (χ1) is 16.5. The molecule has 0 spiro atoms. The van der Waals surface area contributed by atoms with E-state index in [0.29, 0.717) is 30.8 Å². The van der Waals surface area contributed by atoms with Gasteiger partial charge >= 0.3 is 0 Å². The Hall–Kier alpha value is -3.58. The van der Waals surface area contributed by atoms with Crippen molar-refractivity contribution in [1.29, 1.82) is 5.26 Å². The van der Waals surface area contributed by atoms with Crippen LogP contribution < -0.4 is 20.7 Å². The van der Waals surface area contributed by atoms with E-state index in [1.54, 1.807) is 13.2 Å². The minimum absolute atomic E-state index is 0.0418. The Balaban J connectivity index is 1.40. The van der Waals surface area contributed by atoms with Crippen LogP contribution in [0.1, 0.15) is 36.2 Å². The zero-order valence-electron chi connectivity index (χ0n) is 19.2. The molecule has 4 rings (SSSR count). The molecule has 0 radical (unpaired) electrons. The van der Waals surface area contributed by atoms with E-state index in [1.807, 2.05) is 18.2 Å². The number of amides is 3. The van der Waals surface area contributed by atoms with E-state index in [0.717, 1.165) is 36.8 Å². The van der Waals surface area contributed by atoms with Gasteiger partial charge in [-0.25, -0.2) is 0 Å². The van der Waals surface area contributed by atoms with Gasteiger partial charge in [0.15, 0.2) is 0 Å². The zero-order valence-corrected chi connectivity index (χ0v) is 19.2. The summed E-state index contributed by atoms with van der Waals surface area (Å²) in [6, 6.07) is 8.46. The quantitative estimate of drug-likeness (QED) is 0.433. The van der Waals surface area contributed by atoms with Crippen molar-refractivity contribution in [3.8, 4) is 11.8 Å². The van der Waals surface area contributed by atoms with Gasteiger partial charge in [-0.15, -0.1) is 0 Å². The molecule has 180 valence electrons. The Bertz CT molecular complexity index is 1100. The molecule has 0 aliphatic carbocycles. The van der Waals surface area contributed by atoms with Gasteiger partial charge in [-0.2, -0.15) is 5.26 Å². The maximum Gasteiger partial charge on any atom is 0.268 e. The molecule has 2 saturated heterocycles. The number of H-pyrrole nitrogens is 1. The van der Waals surface area contributed by atoms with Gasteiger partial charge in [0.1, 0.15) is 17.5 Å². The molecule has 3 atom stereocenters. The lowest BCUT2D eigenvalue weighted by Gasteiger charge is -2.31. The predicted molar refractivity (Wildman–Crippen MR) is 125 cm³/mol. The summed E-state index contributed by atoms with van der Waals surface area (Å²) < 4.78 is 5.33. The van der Waals surface area contributed by atoms with Crippen molar-refractivity contribution in [2.75, 3.05) is 33.3 Å². The van der Waals surface area contributed by atoms with Gasteiger partial charge in [-0.05, 0) is 57.0 Å². The van der Waals surface area contributed by atoms with Crippen molar-refractivity contribution in [3.63, 3.8) is 0 Å². The largest absolute Gasteiger partial charge is 0.496 e. The van der Waals surface area contributed by atoms with Crippen LogP contribution in [0.5, 0.6) is 5.75 Å². The lowest BCUT2D eigenvalue weighted by atomic mass is 9.93. The number of aromatic amines is 1. The summed E-state index contributed by atoms with van der Waals surface area (Å²) >= 11 is 0. The van der Waals surface area contributed by atoms with Crippen molar-refractivity contribution in [2.24, 2.45) is 5.92 Å². The molecule has 2 aliphatic heterocycles. The summed E-state index contributed by atoms with van der Waals surface area (Å²) in [5.41, 5.74) is 1.07. The van der Waals surface area contributed by atoms with E-state index in [9.17, 15) is 19.6 Å². The fourth-order valence-electron chi connectivity index (χ4n) is 4.83. The highest BCUT2D eigenvalue weighted by atomic mass is 16.5. The third-order valence-corrected chi connectivity index (χ3v) is 6.59. The number of nitriles is 1. The van der Waals surface area contributed by atoms with Crippen LogP contribution in [0.15, 0.2) is 24.3 Å². The molecule has 4 N–H and O–H groups in total. The van der Waals surface area contributed by atoms with Crippen LogP contribution in [-0.2, 0) is 9.59 Å². The molecule has 2 aliphatic rings. The Morgan fingerprint density at radius 3 is 2.79 bits per heavy atom. The Labute approximate surface area is 198 Å². The second kappa shape index (κ2) is 10.6. The summed E-state index contributed by atoms with van der Waals surface area (Å²) in [7, 11) is 1.56. The van der Waals surface area contributed by atoms with E-state index >= 15 is 0 Å². The molecule has 1 aromatic heterocycles. The fraction of sp³-hybridized carbons (Fsp3) is 0.500. The highest BCUT2D eigenvalue weighted by Crippen LogP contribution is 2.26. The summed E-state index contributed by atoms with van der Waals surface area (Å²) in [5, 5.41) is 19.0. The molecule has 34 heavy (non-hydrogen) atoms. The first-order valence-electron chi connectivity index (χ1n) is 11.6. The van der Waals surface area contributed by atoms with E-state index in [4.69, 9.17) is 4.74 Å². The normalized spacial score (nSPS) is 19.9. The summed E-state index contributed by atoms with van der Waals surface area (Å²) in [6.07, 6.45) is 3.09. The average Bonchev–Trinajstić information content (AvgIpc) is 3.59. The Morgan fingerprint density at radius 2 is 2.12 bits per heavy atom. The number of likely N-dealkylation sites (tertiary alicyclic amines) is 1. The SMILES string of the molecule is COc1cccc2[nH]c(C(=O)NCC(=O)NC(CC3CCNC3=O)C(C#N)N3CCCC3)cc12. The Kier molecular flexibility index (Phi) is 7.33. The summed E-state index contributed by atoms with van der Waals surface area (Å²) in [5.74, 6) is -0.449. The number of carbonyl (C=O) groups excluding carboxylic acids is 3. The predicted octanol–water partition coefficient (Wildman–Crippen LogP) is 0.905. The van der Waals surface area contributed by atoms with Crippen molar-refractivity contribution in [2.45, 2.75) is 37.8 Å². The number of benzene rings is 1. The van der Waals surface area contributed by atoms with Crippen molar-refractivity contribution in [3.05, 3.63) is 30.0 Å². The average molecular weight is 467 g/mol. The molecule has 3 amide bonds. The standard InChI is InChI=1S/C24H30N6O4/c1-34-21-6-4-5-17-16(21)12-19(28-17)24(33)27-14-22(31)29-18(11-15-7-8-26-23(15)32)20(13-25)30-9-2-3-10-30/h4-6,12,15,18,20,28H,2-3,7-11,14H2,1H3,(H,26,32)(H,27,33)(H,29,31). The van der Waals surface area contributed by atoms with E-state index < -0.39 is 23.9 Å². The minimum Gasteiger partial charge on any atom is -0.496 e. The topological polar surface area (TPSA) is 139 Å². The highest BCUT2D eigenvalue weighted by molar-refractivity contribution is 6.00. The summed E-state index contributed by atoms with van der Waals surface area (Å²) in [6.45, 7) is 1.96. The van der Waals surface area contributed by atoms with E-state index in [1.165, 1.54) is 0 Å². The van der Waals surface area contributed by atoms with Gasteiger partial charge in [0, 0.05) is 23.4 Å². The van der Waals surface area contributed by atoms with Crippen LogP contribution in [0.4, 0.5) is 0 Å². The van der Waals surface area contributed by atoms with Crippen molar-refractivity contribution in [1.82, 2.24) is 25.8 Å². The first-order valence-corrected chi connectivity index (χ1v) is 11.6. The molecule has 1 aromatic carbocycles. The zero-order chi connectivity index (χ0) is 24.1. The molecule has 10 heteroatoms. The number of hydrogen-bond acceptors (Lipinski definition) is 6. The number of hydrogen-bond donors (Lipinski definition) is 4. The molecular formula is C24H30N6O4. The molecule has 2 aromatic rings. The second-order valence-corrected chi connectivity index (χ2v) is 8.79. The van der Waals surface area contributed by atoms with Crippen LogP contribution in [-0.4, -0.2) is 73.0 Å². The van der Waals surface area contributed by atoms with Crippen LogP contribution in [0, 0.1) is 17.2 Å². The summed E-state index contributed by atoms with van der Waals surface area (Å²) in [4.78, 5) is 42.6. The lowest BCUT2D eigenvalue weighted by Crippen LogP contribution is -2.53. The Morgan fingerprint density at radius 1 is 1.32 bits per heavy atom. The van der Waals surface area contributed by atoms with Gasteiger partial charge in [0.2, 0.25) is 11.8 Å². The molecule has 2 fully saturated rings. The smallest absolute Gasteiger partial charge is 0.268 e. The highest BCUT2D eigenvalue weighted by Gasteiger charge is 2.35. The van der Waals surface area contributed by atoms with Crippen molar-refractivity contribution >= 4 is 28.6 Å². The van der Waals surface area contributed by atoms with Gasteiger partial charge in [0.05, 0.1) is 25.8 Å². The monoisotopic (exact) mass is 466 g/mol.